The third-order valence-electron chi connectivity index (χ3n) is 4.87. The summed E-state index contributed by atoms with van der Waals surface area (Å²) in [6.07, 6.45) is 3.14. The van der Waals surface area contributed by atoms with E-state index in [-0.39, 0.29) is 18.8 Å². The Labute approximate surface area is 198 Å². The smallest absolute Gasteiger partial charge is 0.274 e. The SMILES string of the molecule is O=C(/C=C/c1ccc2c(c1)OCO2)NC(Cc1cscn1)C(=O)Nc1ccc(C(=O)NO)cc1. The van der Waals surface area contributed by atoms with E-state index in [1.54, 1.807) is 40.6 Å². The Morgan fingerprint density at radius 3 is 2.65 bits per heavy atom. The molecular formula is C23H20N4O6S. The summed E-state index contributed by atoms with van der Waals surface area (Å²) in [4.78, 5) is 41.2. The number of nitrogens with zero attached hydrogens (tertiary/aromatic N) is 1. The van der Waals surface area contributed by atoms with E-state index in [2.05, 4.69) is 15.6 Å². The Morgan fingerprint density at radius 2 is 1.91 bits per heavy atom. The molecule has 34 heavy (non-hydrogen) atoms. The van der Waals surface area contributed by atoms with Crippen LogP contribution >= 0.6 is 11.3 Å². The Balaban J connectivity index is 1.43. The van der Waals surface area contributed by atoms with Gasteiger partial charge < -0.3 is 20.1 Å². The molecule has 0 fully saturated rings. The molecule has 4 rings (SSSR count). The van der Waals surface area contributed by atoms with Crippen LogP contribution in [0.3, 0.4) is 0 Å². The second-order valence-electron chi connectivity index (χ2n) is 7.20. The molecule has 1 aromatic heterocycles. The van der Waals surface area contributed by atoms with Crippen LogP contribution in [0.25, 0.3) is 6.08 Å². The zero-order chi connectivity index (χ0) is 23.9. The second-order valence-corrected chi connectivity index (χ2v) is 7.92. The van der Waals surface area contributed by atoms with Crippen LogP contribution in [0.4, 0.5) is 5.69 Å². The standard InChI is InChI=1S/C23H20N4O6S/c28-21(8-2-14-1-7-19-20(9-14)33-13-32-19)26-18(10-17-11-34-12-24-17)23(30)25-16-5-3-15(4-6-16)22(29)27-31/h1-9,11-12,18,31H,10,13H2,(H,25,30)(H,26,28)(H,27,29)/b8-2+. The molecule has 10 nitrogen and oxygen atoms in total. The van der Waals surface area contributed by atoms with Gasteiger partial charge in [-0.1, -0.05) is 6.07 Å². The molecule has 0 spiro atoms. The number of rotatable bonds is 8. The molecule has 0 bridgehead atoms. The highest BCUT2D eigenvalue weighted by atomic mass is 32.1. The fraction of sp³-hybridized carbons (Fsp3) is 0.130. The van der Waals surface area contributed by atoms with Crippen LogP contribution < -0.4 is 25.6 Å². The van der Waals surface area contributed by atoms with Gasteiger partial charge in [-0.3, -0.25) is 19.6 Å². The third-order valence-corrected chi connectivity index (χ3v) is 5.50. The van der Waals surface area contributed by atoms with Crippen molar-refractivity contribution in [1.29, 1.82) is 0 Å². The minimum Gasteiger partial charge on any atom is -0.454 e. The summed E-state index contributed by atoms with van der Waals surface area (Å²) in [5, 5.41) is 15.9. The first-order chi connectivity index (χ1) is 16.5. The Bertz CT molecular complexity index is 1210. The lowest BCUT2D eigenvalue weighted by molar-refractivity contribution is -0.123. The van der Waals surface area contributed by atoms with Crippen molar-refractivity contribution in [3.8, 4) is 11.5 Å². The molecule has 0 saturated carbocycles. The molecule has 0 aliphatic carbocycles. The van der Waals surface area contributed by atoms with Gasteiger partial charge in [0.05, 0.1) is 11.2 Å². The van der Waals surface area contributed by atoms with Crippen LogP contribution in [0.2, 0.25) is 0 Å². The highest BCUT2D eigenvalue weighted by Crippen LogP contribution is 2.32. The monoisotopic (exact) mass is 480 g/mol. The highest BCUT2D eigenvalue weighted by molar-refractivity contribution is 7.07. The second kappa shape index (κ2) is 10.6. The molecule has 1 aliphatic heterocycles. The van der Waals surface area contributed by atoms with E-state index in [1.807, 2.05) is 0 Å². The molecule has 2 aromatic carbocycles. The van der Waals surface area contributed by atoms with Crippen molar-refractivity contribution < 1.29 is 29.1 Å². The number of hydrogen-bond donors (Lipinski definition) is 4. The average Bonchev–Trinajstić information content (AvgIpc) is 3.54. The van der Waals surface area contributed by atoms with E-state index in [0.29, 0.717) is 22.9 Å². The van der Waals surface area contributed by atoms with Crippen LogP contribution in [0.15, 0.2) is 59.4 Å². The van der Waals surface area contributed by atoms with Crippen molar-refractivity contribution in [1.82, 2.24) is 15.8 Å². The number of anilines is 1. The zero-order valence-electron chi connectivity index (χ0n) is 17.7. The van der Waals surface area contributed by atoms with E-state index >= 15 is 0 Å². The highest BCUT2D eigenvalue weighted by Gasteiger charge is 2.22. The van der Waals surface area contributed by atoms with Crippen LogP contribution in [-0.2, 0) is 16.0 Å². The van der Waals surface area contributed by atoms with Gasteiger partial charge in [-0.25, -0.2) is 10.5 Å². The number of ether oxygens (including phenoxy) is 2. The maximum absolute atomic E-state index is 12.9. The van der Waals surface area contributed by atoms with Crippen molar-refractivity contribution in [2.24, 2.45) is 0 Å². The van der Waals surface area contributed by atoms with Crippen LogP contribution in [0, 0.1) is 0 Å². The molecule has 174 valence electrons. The summed E-state index contributed by atoms with van der Waals surface area (Å²) in [5.74, 6) is -0.321. The predicted octanol–water partition coefficient (Wildman–Crippen LogP) is 2.37. The van der Waals surface area contributed by atoms with Crippen molar-refractivity contribution in [3.05, 3.63) is 76.3 Å². The molecule has 3 amide bonds. The molecule has 3 aromatic rings. The number of carbonyl (C=O) groups is 3. The van der Waals surface area contributed by atoms with Gasteiger partial charge >= 0.3 is 0 Å². The molecular weight excluding hydrogens is 460 g/mol. The molecule has 4 N–H and O–H groups in total. The maximum atomic E-state index is 12.9. The van der Waals surface area contributed by atoms with E-state index in [4.69, 9.17) is 14.7 Å². The number of aromatic nitrogens is 1. The lowest BCUT2D eigenvalue weighted by Crippen LogP contribution is -2.44. The minimum absolute atomic E-state index is 0.160. The number of amides is 3. The first kappa shape index (κ1) is 23.0. The molecule has 2 heterocycles. The average molecular weight is 481 g/mol. The van der Waals surface area contributed by atoms with Gasteiger partial charge in [0.25, 0.3) is 5.91 Å². The number of fused-ring (bicyclic) bond motifs is 1. The number of carbonyl (C=O) groups excluding carboxylic acids is 3. The minimum atomic E-state index is -0.892. The molecule has 0 radical (unpaired) electrons. The quantitative estimate of drug-likeness (QED) is 0.221. The molecule has 1 unspecified atom stereocenters. The molecule has 11 heteroatoms. The van der Waals surface area contributed by atoms with Crippen LogP contribution in [0.1, 0.15) is 21.6 Å². The van der Waals surface area contributed by atoms with Crippen molar-refractivity contribution >= 4 is 40.8 Å². The van der Waals surface area contributed by atoms with E-state index in [1.165, 1.54) is 41.7 Å². The van der Waals surface area contributed by atoms with Gasteiger partial charge in [0.1, 0.15) is 6.04 Å². The Kier molecular flexibility index (Phi) is 7.16. The number of thiazole rings is 1. The number of nitrogens with one attached hydrogen (secondary N) is 3. The largest absolute Gasteiger partial charge is 0.454 e. The topological polar surface area (TPSA) is 139 Å². The molecule has 0 saturated heterocycles. The normalized spacial score (nSPS) is 12.9. The number of hydrogen-bond acceptors (Lipinski definition) is 8. The van der Waals surface area contributed by atoms with E-state index in [9.17, 15) is 14.4 Å². The molecule has 1 atom stereocenters. The number of hydroxylamine groups is 1. The fourth-order valence-corrected chi connectivity index (χ4v) is 3.74. The first-order valence-corrected chi connectivity index (χ1v) is 11.1. The van der Waals surface area contributed by atoms with Crippen molar-refractivity contribution in [3.63, 3.8) is 0 Å². The predicted molar refractivity (Wildman–Crippen MR) is 124 cm³/mol. The zero-order valence-corrected chi connectivity index (χ0v) is 18.5. The van der Waals surface area contributed by atoms with Gasteiger partial charge in [0, 0.05) is 29.1 Å². The lowest BCUT2D eigenvalue weighted by Gasteiger charge is -2.17. The fourth-order valence-electron chi connectivity index (χ4n) is 3.16. The summed E-state index contributed by atoms with van der Waals surface area (Å²) >= 11 is 1.39. The van der Waals surface area contributed by atoms with Crippen LogP contribution in [0.5, 0.6) is 11.5 Å². The Hall–Kier alpha value is -4.22. The van der Waals surface area contributed by atoms with Gasteiger partial charge in [-0.2, -0.15) is 0 Å². The summed E-state index contributed by atoms with van der Waals surface area (Å²) in [6, 6.07) is 10.3. The van der Waals surface area contributed by atoms with Crippen molar-refractivity contribution in [2.45, 2.75) is 12.5 Å². The van der Waals surface area contributed by atoms with Gasteiger partial charge in [-0.05, 0) is 48.0 Å². The molecule has 1 aliphatic rings. The summed E-state index contributed by atoms with van der Waals surface area (Å²) in [7, 11) is 0. The van der Waals surface area contributed by atoms with Gasteiger partial charge in [0.2, 0.25) is 18.6 Å². The summed E-state index contributed by atoms with van der Waals surface area (Å²) < 4.78 is 10.6. The maximum Gasteiger partial charge on any atom is 0.274 e. The van der Waals surface area contributed by atoms with Gasteiger partial charge in [-0.15, -0.1) is 11.3 Å². The van der Waals surface area contributed by atoms with Crippen molar-refractivity contribution in [2.75, 3.05) is 12.1 Å². The third kappa shape index (κ3) is 5.77. The summed E-state index contributed by atoms with van der Waals surface area (Å²) in [6.45, 7) is 0.160. The summed E-state index contributed by atoms with van der Waals surface area (Å²) in [5.41, 5.74) is 5.25. The van der Waals surface area contributed by atoms with E-state index < -0.39 is 23.8 Å². The van der Waals surface area contributed by atoms with Crippen LogP contribution in [-0.4, -0.2) is 40.7 Å². The van der Waals surface area contributed by atoms with Gasteiger partial charge in [0.15, 0.2) is 11.5 Å². The first-order valence-electron chi connectivity index (χ1n) is 10.1. The lowest BCUT2D eigenvalue weighted by atomic mass is 10.1. The number of benzene rings is 2. The van der Waals surface area contributed by atoms with E-state index in [0.717, 1.165) is 5.56 Å². The Morgan fingerprint density at radius 1 is 1.12 bits per heavy atom.